The molecule has 0 fully saturated rings. The van der Waals surface area contributed by atoms with Crippen LogP contribution >= 0.6 is 15.9 Å². The van der Waals surface area contributed by atoms with E-state index in [2.05, 4.69) is 21.2 Å². The van der Waals surface area contributed by atoms with E-state index < -0.39 is 28.5 Å². The number of nitrogens with one attached hydrogen (secondary N) is 1. The highest BCUT2D eigenvalue weighted by Gasteiger charge is 2.35. The third-order valence-electron chi connectivity index (χ3n) is 8.05. The van der Waals surface area contributed by atoms with Crippen LogP contribution < -0.4 is 9.62 Å². The van der Waals surface area contributed by atoms with Gasteiger partial charge in [-0.2, -0.15) is 0 Å². The lowest BCUT2D eigenvalue weighted by Gasteiger charge is -2.34. The molecule has 242 valence electrons. The van der Waals surface area contributed by atoms with Crippen molar-refractivity contribution in [3.05, 3.63) is 129 Å². The topological polar surface area (TPSA) is 86.8 Å². The van der Waals surface area contributed by atoms with E-state index in [0.29, 0.717) is 5.69 Å². The molecular weight excluding hydrogens is 662 g/mol. The van der Waals surface area contributed by atoms with Gasteiger partial charge in [0.15, 0.2) is 0 Å². The van der Waals surface area contributed by atoms with Crippen molar-refractivity contribution in [2.75, 3.05) is 10.8 Å². The Bertz CT molecular complexity index is 1740. The van der Waals surface area contributed by atoms with Gasteiger partial charge in [0.25, 0.3) is 10.0 Å². The molecule has 0 heterocycles. The van der Waals surface area contributed by atoms with E-state index in [-0.39, 0.29) is 29.8 Å². The number of amides is 2. The number of carbonyl (C=O) groups is 2. The highest BCUT2D eigenvalue weighted by atomic mass is 79.9. The molecule has 0 saturated heterocycles. The molecule has 7 nitrogen and oxygen atoms in total. The molecule has 4 aromatic rings. The summed E-state index contributed by atoms with van der Waals surface area (Å²) in [6.07, 6.45) is 0.985. The SMILES string of the molecule is CC[C@H](C)NC(=O)[C@@H](Cc1ccccc1)N(Cc1ccc(Br)cc1)C(=O)CN(c1ccc(C)cc1C)S(=O)(=O)c1ccc(C)cc1. The molecule has 0 aliphatic heterocycles. The van der Waals surface area contributed by atoms with Crippen LogP contribution in [0.25, 0.3) is 0 Å². The maximum absolute atomic E-state index is 14.6. The first-order chi connectivity index (χ1) is 21.9. The van der Waals surface area contributed by atoms with Gasteiger partial charge in [-0.1, -0.05) is 101 Å². The number of halogens is 1. The van der Waals surface area contributed by atoms with Crippen LogP contribution in [-0.4, -0.2) is 43.8 Å². The lowest BCUT2D eigenvalue weighted by atomic mass is 10.0. The molecule has 9 heteroatoms. The second-order valence-electron chi connectivity index (χ2n) is 11.8. The minimum Gasteiger partial charge on any atom is -0.352 e. The molecule has 0 spiro atoms. The molecule has 4 rings (SSSR count). The summed E-state index contributed by atoms with van der Waals surface area (Å²) in [7, 11) is -4.16. The summed E-state index contributed by atoms with van der Waals surface area (Å²) >= 11 is 3.47. The first-order valence-electron chi connectivity index (χ1n) is 15.4. The van der Waals surface area contributed by atoms with Gasteiger partial charge in [-0.15, -0.1) is 0 Å². The Morgan fingerprint density at radius 3 is 2.07 bits per heavy atom. The number of anilines is 1. The molecule has 0 radical (unpaired) electrons. The van der Waals surface area contributed by atoms with Gasteiger partial charge in [0.1, 0.15) is 12.6 Å². The Balaban J connectivity index is 1.83. The molecule has 4 aromatic carbocycles. The molecule has 2 atom stereocenters. The van der Waals surface area contributed by atoms with E-state index in [1.165, 1.54) is 9.21 Å². The standard InChI is InChI=1S/C37H42BrN3O4S/c1-6-29(5)39-37(43)35(23-30-10-8-7-9-11-30)40(24-31-15-17-32(38)18-16-31)36(42)25-41(34-21-14-27(3)22-28(34)4)46(44,45)33-19-12-26(2)13-20-33/h7-22,29,35H,6,23-25H2,1-5H3,(H,39,43)/t29-,35+/m0/s1. The molecule has 0 aliphatic rings. The maximum atomic E-state index is 14.6. The van der Waals surface area contributed by atoms with Gasteiger partial charge in [-0.25, -0.2) is 8.42 Å². The average Bonchev–Trinajstić information content (AvgIpc) is 3.03. The van der Waals surface area contributed by atoms with Gasteiger partial charge in [-0.05, 0) is 81.1 Å². The Hall–Kier alpha value is -3.95. The van der Waals surface area contributed by atoms with Crippen LogP contribution in [0, 0.1) is 20.8 Å². The third-order valence-corrected chi connectivity index (χ3v) is 10.3. The molecule has 0 aliphatic carbocycles. The van der Waals surface area contributed by atoms with E-state index in [0.717, 1.165) is 38.7 Å². The average molecular weight is 705 g/mol. The van der Waals surface area contributed by atoms with Crippen molar-refractivity contribution in [3.63, 3.8) is 0 Å². The molecule has 46 heavy (non-hydrogen) atoms. The number of benzene rings is 4. The van der Waals surface area contributed by atoms with Gasteiger partial charge < -0.3 is 10.2 Å². The summed E-state index contributed by atoms with van der Waals surface area (Å²) in [5.41, 5.74) is 4.72. The van der Waals surface area contributed by atoms with Crippen LogP contribution in [-0.2, 0) is 32.6 Å². The van der Waals surface area contributed by atoms with E-state index in [4.69, 9.17) is 0 Å². The van der Waals surface area contributed by atoms with Crippen LogP contribution in [0.1, 0.15) is 48.1 Å². The minimum absolute atomic E-state index is 0.0840. The van der Waals surface area contributed by atoms with Crippen molar-refractivity contribution in [2.24, 2.45) is 0 Å². The summed E-state index contributed by atoms with van der Waals surface area (Å²) in [5.74, 6) is -0.776. The van der Waals surface area contributed by atoms with E-state index in [1.807, 2.05) is 101 Å². The second-order valence-corrected chi connectivity index (χ2v) is 14.6. The fourth-order valence-corrected chi connectivity index (χ4v) is 6.96. The smallest absolute Gasteiger partial charge is 0.264 e. The monoisotopic (exact) mass is 703 g/mol. The normalized spacial score (nSPS) is 12.7. The van der Waals surface area contributed by atoms with Crippen LogP contribution in [0.2, 0.25) is 0 Å². The number of rotatable bonds is 13. The molecule has 2 amide bonds. The van der Waals surface area contributed by atoms with Crippen LogP contribution in [0.15, 0.2) is 106 Å². The third kappa shape index (κ3) is 8.85. The summed E-state index contributed by atoms with van der Waals surface area (Å²) in [5, 5.41) is 3.07. The highest BCUT2D eigenvalue weighted by Crippen LogP contribution is 2.29. The van der Waals surface area contributed by atoms with Gasteiger partial charge in [0.05, 0.1) is 10.6 Å². The fourth-order valence-electron chi connectivity index (χ4n) is 5.22. The number of hydrogen-bond acceptors (Lipinski definition) is 4. The van der Waals surface area contributed by atoms with Crippen molar-refractivity contribution in [2.45, 2.75) is 71.0 Å². The summed E-state index contributed by atoms with van der Waals surface area (Å²) in [6.45, 7) is 9.20. The minimum atomic E-state index is -4.16. The number of hydrogen-bond donors (Lipinski definition) is 1. The van der Waals surface area contributed by atoms with Crippen molar-refractivity contribution in [1.29, 1.82) is 0 Å². The molecular formula is C37H42BrN3O4S. The fraction of sp³-hybridized carbons (Fsp3) is 0.297. The van der Waals surface area contributed by atoms with Crippen LogP contribution in [0.4, 0.5) is 5.69 Å². The Morgan fingerprint density at radius 2 is 1.46 bits per heavy atom. The quantitative estimate of drug-likeness (QED) is 0.161. The largest absolute Gasteiger partial charge is 0.352 e. The molecule has 0 aromatic heterocycles. The van der Waals surface area contributed by atoms with E-state index in [1.54, 1.807) is 30.3 Å². The Kier molecular flexibility index (Phi) is 11.8. The summed E-state index contributed by atoms with van der Waals surface area (Å²) in [4.78, 5) is 30.2. The Labute approximate surface area is 281 Å². The first-order valence-corrected chi connectivity index (χ1v) is 17.7. The Morgan fingerprint density at radius 1 is 0.826 bits per heavy atom. The van der Waals surface area contributed by atoms with Crippen LogP contribution in [0.5, 0.6) is 0 Å². The highest BCUT2D eigenvalue weighted by molar-refractivity contribution is 9.10. The first kappa shape index (κ1) is 34.9. The molecule has 0 bridgehead atoms. The van der Waals surface area contributed by atoms with Gasteiger partial charge in [-0.3, -0.25) is 13.9 Å². The van der Waals surface area contributed by atoms with Crippen molar-refractivity contribution >= 4 is 43.5 Å². The zero-order valence-electron chi connectivity index (χ0n) is 27.0. The zero-order chi connectivity index (χ0) is 33.4. The zero-order valence-corrected chi connectivity index (χ0v) is 29.4. The van der Waals surface area contributed by atoms with Crippen molar-refractivity contribution < 1.29 is 18.0 Å². The van der Waals surface area contributed by atoms with Crippen molar-refractivity contribution in [1.82, 2.24) is 10.2 Å². The van der Waals surface area contributed by atoms with Gasteiger partial charge >= 0.3 is 0 Å². The molecule has 0 saturated carbocycles. The maximum Gasteiger partial charge on any atom is 0.264 e. The molecule has 1 N–H and O–H groups in total. The predicted octanol–water partition coefficient (Wildman–Crippen LogP) is 7.12. The van der Waals surface area contributed by atoms with Gasteiger partial charge in [0.2, 0.25) is 11.8 Å². The van der Waals surface area contributed by atoms with Crippen molar-refractivity contribution in [3.8, 4) is 0 Å². The lowest BCUT2D eigenvalue weighted by Crippen LogP contribution is -2.54. The van der Waals surface area contributed by atoms with Crippen LogP contribution in [0.3, 0.4) is 0 Å². The molecule has 0 unspecified atom stereocenters. The predicted molar refractivity (Wildman–Crippen MR) is 188 cm³/mol. The number of nitrogens with zero attached hydrogens (tertiary/aromatic N) is 2. The number of aryl methyl sites for hydroxylation is 3. The van der Waals surface area contributed by atoms with E-state index in [9.17, 15) is 18.0 Å². The van der Waals surface area contributed by atoms with E-state index >= 15 is 0 Å². The number of sulfonamides is 1. The summed E-state index contributed by atoms with van der Waals surface area (Å²) < 4.78 is 30.6. The lowest BCUT2D eigenvalue weighted by molar-refractivity contribution is -0.140. The second kappa shape index (κ2) is 15.6. The number of carbonyl (C=O) groups excluding carboxylic acids is 2. The summed E-state index contributed by atoms with van der Waals surface area (Å²) in [6, 6.07) is 28.2. The van der Waals surface area contributed by atoms with Gasteiger partial charge in [0, 0.05) is 23.5 Å².